The van der Waals surface area contributed by atoms with Gasteiger partial charge in [0, 0.05) is 36.6 Å². The van der Waals surface area contributed by atoms with Crippen LogP contribution in [0.2, 0.25) is 0 Å². The van der Waals surface area contributed by atoms with Crippen LogP contribution in [0.4, 0.5) is 11.4 Å². The number of amides is 2. The third-order valence-corrected chi connectivity index (χ3v) is 3.05. The van der Waals surface area contributed by atoms with Crippen molar-refractivity contribution in [2.75, 3.05) is 24.3 Å². The first-order chi connectivity index (χ1) is 9.97. The SMILES string of the molecule is CN(C)c1cccc(C(=O)Nc2ccc(C(N)=O)cc2)c1. The Morgan fingerprint density at radius 3 is 2.24 bits per heavy atom. The first-order valence-corrected chi connectivity index (χ1v) is 6.46. The van der Waals surface area contributed by atoms with Crippen LogP contribution in [0.15, 0.2) is 48.5 Å². The van der Waals surface area contributed by atoms with E-state index in [-0.39, 0.29) is 5.91 Å². The maximum absolute atomic E-state index is 12.2. The van der Waals surface area contributed by atoms with Gasteiger partial charge in [-0.3, -0.25) is 9.59 Å². The van der Waals surface area contributed by atoms with E-state index in [0.717, 1.165) is 5.69 Å². The number of nitrogens with two attached hydrogens (primary N) is 1. The van der Waals surface area contributed by atoms with Crippen molar-refractivity contribution in [1.82, 2.24) is 0 Å². The molecule has 108 valence electrons. The summed E-state index contributed by atoms with van der Waals surface area (Å²) >= 11 is 0. The quantitative estimate of drug-likeness (QED) is 0.902. The lowest BCUT2D eigenvalue weighted by Gasteiger charge is -2.13. The van der Waals surface area contributed by atoms with Crippen molar-refractivity contribution in [2.45, 2.75) is 0 Å². The van der Waals surface area contributed by atoms with Gasteiger partial charge in [0.05, 0.1) is 0 Å². The molecule has 21 heavy (non-hydrogen) atoms. The smallest absolute Gasteiger partial charge is 0.255 e. The Morgan fingerprint density at radius 2 is 1.67 bits per heavy atom. The Bertz CT molecular complexity index is 663. The number of hydrogen-bond donors (Lipinski definition) is 2. The fraction of sp³-hybridized carbons (Fsp3) is 0.125. The number of hydrogen-bond acceptors (Lipinski definition) is 3. The monoisotopic (exact) mass is 283 g/mol. The fourth-order valence-corrected chi connectivity index (χ4v) is 1.85. The molecule has 0 heterocycles. The number of anilines is 2. The van der Waals surface area contributed by atoms with E-state index in [1.807, 2.05) is 37.2 Å². The van der Waals surface area contributed by atoms with Crippen LogP contribution in [0.5, 0.6) is 0 Å². The molecule has 0 saturated heterocycles. The minimum Gasteiger partial charge on any atom is -0.378 e. The zero-order valence-corrected chi connectivity index (χ0v) is 12.0. The van der Waals surface area contributed by atoms with Crippen molar-refractivity contribution in [3.05, 3.63) is 59.7 Å². The molecular weight excluding hydrogens is 266 g/mol. The Kier molecular flexibility index (Phi) is 4.23. The first-order valence-electron chi connectivity index (χ1n) is 6.46. The Labute approximate surface area is 123 Å². The van der Waals surface area contributed by atoms with Crippen LogP contribution < -0.4 is 16.0 Å². The van der Waals surface area contributed by atoms with Crippen LogP contribution >= 0.6 is 0 Å². The third kappa shape index (κ3) is 3.60. The normalized spacial score (nSPS) is 10.0. The van der Waals surface area contributed by atoms with E-state index < -0.39 is 5.91 Å². The number of benzene rings is 2. The summed E-state index contributed by atoms with van der Waals surface area (Å²) in [6.07, 6.45) is 0. The number of nitrogens with one attached hydrogen (secondary N) is 1. The summed E-state index contributed by atoms with van der Waals surface area (Å²) < 4.78 is 0. The predicted molar refractivity (Wildman–Crippen MR) is 83.7 cm³/mol. The zero-order valence-electron chi connectivity index (χ0n) is 12.0. The van der Waals surface area contributed by atoms with Crippen molar-refractivity contribution in [1.29, 1.82) is 0 Å². The topological polar surface area (TPSA) is 75.4 Å². The van der Waals surface area contributed by atoms with Gasteiger partial charge in [-0.25, -0.2) is 0 Å². The summed E-state index contributed by atoms with van der Waals surface area (Å²) in [6.45, 7) is 0. The van der Waals surface area contributed by atoms with Crippen LogP contribution in [0, 0.1) is 0 Å². The van der Waals surface area contributed by atoms with Gasteiger partial charge in [-0.1, -0.05) is 6.07 Å². The van der Waals surface area contributed by atoms with Crippen LogP contribution in [-0.4, -0.2) is 25.9 Å². The Hall–Kier alpha value is -2.82. The summed E-state index contributed by atoms with van der Waals surface area (Å²) in [6, 6.07) is 13.8. The van der Waals surface area contributed by atoms with Crippen molar-refractivity contribution in [3.8, 4) is 0 Å². The maximum Gasteiger partial charge on any atom is 0.255 e. The second-order valence-electron chi connectivity index (χ2n) is 4.84. The molecule has 0 aliphatic heterocycles. The van der Waals surface area contributed by atoms with Gasteiger partial charge in [0.15, 0.2) is 0 Å². The van der Waals surface area contributed by atoms with Gasteiger partial charge in [-0.05, 0) is 42.5 Å². The predicted octanol–water partition coefficient (Wildman–Crippen LogP) is 2.10. The molecule has 0 aliphatic carbocycles. The summed E-state index contributed by atoms with van der Waals surface area (Å²) in [5.41, 5.74) is 7.71. The van der Waals surface area contributed by atoms with Crippen LogP contribution in [-0.2, 0) is 0 Å². The summed E-state index contributed by atoms with van der Waals surface area (Å²) in [7, 11) is 3.83. The largest absolute Gasteiger partial charge is 0.378 e. The highest BCUT2D eigenvalue weighted by Crippen LogP contribution is 2.16. The Balaban J connectivity index is 2.14. The molecule has 0 radical (unpaired) electrons. The molecule has 0 saturated carbocycles. The minimum atomic E-state index is -0.494. The number of nitrogens with zero attached hydrogens (tertiary/aromatic N) is 1. The number of carbonyl (C=O) groups is 2. The van der Waals surface area contributed by atoms with Crippen molar-refractivity contribution < 1.29 is 9.59 Å². The van der Waals surface area contributed by atoms with E-state index in [4.69, 9.17) is 5.73 Å². The van der Waals surface area contributed by atoms with Crippen molar-refractivity contribution in [2.24, 2.45) is 5.73 Å². The van der Waals surface area contributed by atoms with Crippen molar-refractivity contribution in [3.63, 3.8) is 0 Å². The molecule has 3 N–H and O–H groups in total. The molecule has 2 aromatic rings. The van der Waals surface area contributed by atoms with Gasteiger partial charge in [-0.2, -0.15) is 0 Å². The molecule has 5 heteroatoms. The zero-order chi connectivity index (χ0) is 15.4. The third-order valence-electron chi connectivity index (χ3n) is 3.05. The summed E-state index contributed by atoms with van der Waals surface area (Å²) in [5, 5.41) is 2.78. The average Bonchev–Trinajstić information content (AvgIpc) is 2.48. The molecule has 0 unspecified atom stereocenters. The molecule has 0 spiro atoms. The van der Waals surface area contributed by atoms with Gasteiger partial charge >= 0.3 is 0 Å². The van der Waals surface area contributed by atoms with Gasteiger partial charge < -0.3 is 16.0 Å². The lowest BCUT2D eigenvalue weighted by molar-refractivity contribution is 0.0998. The van der Waals surface area contributed by atoms with E-state index in [1.54, 1.807) is 30.3 Å². The van der Waals surface area contributed by atoms with Gasteiger partial charge in [0.25, 0.3) is 5.91 Å². The molecule has 2 aromatic carbocycles. The fourth-order valence-electron chi connectivity index (χ4n) is 1.85. The van der Waals surface area contributed by atoms with E-state index >= 15 is 0 Å². The first kappa shape index (κ1) is 14.6. The average molecular weight is 283 g/mol. The molecule has 0 aliphatic rings. The molecule has 0 fully saturated rings. The van der Waals surface area contributed by atoms with E-state index in [0.29, 0.717) is 16.8 Å². The number of rotatable bonds is 4. The molecule has 0 aromatic heterocycles. The van der Waals surface area contributed by atoms with Crippen LogP contribution in [0.3, 0.4) is 0 Å². The molecule has 0 atom stereocenters. The maximum atomic E-state index is 12.2. The van der Waals surface area contributed by atoms with Crippen LogP contribution in [0.25, 0.3) is 0 Å². The highest BCUT2D eigenvalue weighted by molar-refractivity contribution is 6.05. The molecular formula is C16H17N3O2. The van der Waals surface area contributed by atoms with Crippen molar-refractivity contribution >= 4 is 23.2 Å². The number of carbonyl (C=O) groups excluding carboxylic acids is 2. The number of primary amides is 1. The second-order valence-corrected chi connectivity index (χ2v) is 4.84. The lowest BCUT2D eigenvalue weighted by atomic mass is 10.1. The highest BCUT2D eigenvalue weighted by Gasteiger charge is 2.08. The molecule has 0 bridgehead atoms. The molecule has 2 amide bonds. The minimum absolute atomic E-state index is 0.203. The highest BCUT2D eigenvalue weighted by atomic mass is 16.2. The van der Waals surface area contributed by atoms with Crippen LogP contribution in [0.1, 0.15) is 20.7 Å². The summed E-state index contributed by atoms with van der Waals surface area (Å²) in [4.78, 5) is 25.1. The van der Waals surface area contributed by atoms with Gasteiger partial charge in [0.2, 0.25) is 5.91 Å². The van der Waals surface area contributed by atoms with E-state index in [2.05, 4.69) is 5.32 Å². The Morgan fingerprint density at radius 1 is 1.00 bits per heavy atom. The standard InChI is InChI=1S/C16H17N3O2/c1-19(2)14-5-3-4-12(10-14)16(21)18-13-8-6-11(7-9-13)15(17)20/h3-10H,1-2H3,(H2,17,20)(H,18,21). The molecule has 2 rings (SSSR count). The van der Waals surface area contributed by atoms with E-state index in [1.165, 1.54) is 0 Å². The lowest BCUT2D eigenvalue weighted by Crippen LogP contribution is -2.14. The second kappa shape index (κ2) is 6.09. The summed E-state index contributed by atoms with van der Waals surface area (Å²) in [5.74, 6) is -0.697. The van der Waals surface area contributed by atoms with Gasteiger partial charge in [0.1, 0.15) is 0 Å². The van der Waals surface area contributed by atoms with Gasteiger partial charge in [-0.15, -0.1) is 0 Å². The van der Waals surface area contributed by atoms with E-state index in [9.17, 15) is 9.59 Å². The molecule has 5 nitrogen and oxygen atoms in total.